The molecule has 20 heavy (non-hydrogen) atoms. The van der Waals surface area contributed by atoms with Crippen molar-refractivity contribution in [3.63, 3.8) is 0 Å². The molecule has 3 rings (SSSR count). The molecule has 0 bridgehead atoms. The van der Waals surface area contributed by atoms with E-state index >= 15 is 0 Å². The van der Waals surface area contributed by atoms with E-state index in [-0.39, 0.29) is 0 Å². The number of fused-ring (bicyclic) bond motifs is 1. The van der Waals surface area contributed by atoms with Gasteiger partial charge in [0.2, 0.25) is 0 Å². The van der Waals surface area contributed by atoms with Crippen molar-refractivity contribution in [3.8, 4) is 11.5 Å². The van der Waals surface area contributed by atoms with E-state index < -0.39 is 0 Å². The Bertz CT molecular complexity index is 713. The highest BCUT2D eigenvalue weighted by Crippen LogP contribution is 2.23. The Morgan fingerprint density at radius 2 is 1.55 bits per heavy atom. The Morgan fingerprint density at radius 1 is 0.850 bits per heavy atom. The average molecular weight is 267 g/mol. The average Bonchev–Trinajstić information content (AvgIpc) is 2.90. The third-order valence-corrected chi connectivity index (χ3v) is 3.49. The lowest BCUT2D eigenvalue weighted by atomic mass is 10.2. The van der Waals surface area contributed by atoms with E-state index in [0.29, 0.717) is 0 Å². The van der Waals surface area contributed by atoms with E-state index in [1.54, 1.807) is 14.2 Å². The number of hydrogen-bond acceptors (Lipinski definition) is 2. The van der Waals surface area contributed by atoms with Crippen LogP contribution in [0.15, 0.2) is 54.7 Å². The predicted molar refractivity (Wildman–Crippen MR) is 80.6 cm³/mol. The Morgan fingerprint density at radius 3 is 2.25 bits per heavy atom. The molecule has 0 aliphatic rings. The monoisotopic (exact) mass is 267 g/mol. The lowest BCUT2D eigenvalue weighted by Gasteiger charge is -2.07. The molecular weight excluding hydrogens is 250 g/mol. The number of hydrogen-bond donors (Lipinski definition) is 0. The van der Waals surface area contributed by atoms with Crippen LogP contribution in [0.3, 0.4) is 0 Å². The summed E-state index contributed by atoms with van der Waals surface area (Å²) in [7, 11) is 3.37. The van der Waals surface area contributed by atoms with Crippen LogP contribution in [0.1, 0.15) is 5.56 Å². The smallest absolute Gasteiger partial charge is 0.119 e. The second-order valence-electron chi connectivity index (χ2n) is 4.72. The maximum atomic E-state index is 5.25. The minimum atomic E-state index is 0.847. The highest BCUT2D eigenvalue weighted by atomic mass is 16.5. The Kier molecular flexibility index (Phi) is 3.33. The Balaban J connectivity index is 1.90. The molecule has 0 saturated heterocycles. The fraction of sp³-hybridized carbons (Fsp3) is 0.176. The van der Waals surface area contributed by atoms with Crippen LogP contribution in [0, 0.1) is 0 Å². The van der Waals surface area contributed by atoms with Crippen LogP contribution in [0.25, 0.3) is 10.9 Å². The molecule has 2 aromatic carbocycles. The molecular formula is C17H17NO2. The van der Waals surface area contributed by atoms with Crippen molar-refractivity contribution in [2.75, 3.05) is 14.2 Å². The molecule has 0 atom stereocenters. The van der Waals surface area contributed by atoms with Crippen LogP contribution in [-0.2, 0) is 6.54 Å². The first-order valence-electron chi connectivity index (χ1n) is 6.56. The van der Waals surface area contributed by atoms with E-state index in [9.17, 15) is 0 Å². The molecule has 0 saturated carbocycles. The van der Waals surface area contributed by atoms with Gasteiger partial charge in [-0.25, -0.2) is 0 Å². The van der Waals surface area contributed by atoms with Gasteiger partial charge in [0.1, 0.15) is 11.5 Å². The van der Waals surface area contributed by atoms with Gasteiger partial charge in [-0.05, 0) is 42.0 Å². The maximum Gasteiger partial charge on any atom is 0.119 e. The van der Waals surface area contributed by atoms with E-state index in [0.717, 1.165) is 18.0 Å². The van der Waals surface area contributed by atoms with Gasteiger partial charge in [-0.3, -0.25) is 0 Å². The lowest BCUT2D eigenvalue weighted by molar-refractivity contribution is 0.414. The molecule has 0 N–H and O–H groups in total. The SMILES string of the molecule is COc1ccc(Cn2ccc3cc(OC)ccc32)cc1. The molecule has 3 nitrogen and oxygen atoms in total. The van der Waals surface area contributed by atoms with E-state index in [1.807, 2.05) is 18.2 Å². The van der Waals surface area contributed by atoms with E-state index in [1.165, 1.54) is 16.5 Å². The van der Waals surface area contributed by atoms with Gasteiger partial charge >= 0.3 is 0 Å². The van der Waals surface area contributed by atoms with Crippen molar-refractivity contribution < 1.29 is 9.47 Å². The van der Waals surface area contributed by atoms with Crippen LogP contribution in [0.4, 0.5) is 0 Å². The molecule has 1 aromatic heterocycles. The molecule has 0 spiro atoms. The van der Waals surface area contributed by atoms with Gasteiger partial charge in [0.05, 0.1) is 14.2 Å². The molecule has 0 aliphatic carbocycles. The number of nitrogens with zero attached hydrogens (tertiary/aromatic N) is 1. The van der Waals surface area contributed by atoms with Crippen molar-refractivity contribution in [2.45, 2.75) is 6.54 Å². The van der Waals surface area contributed by atoms with Crippen LogP contribution in [0.5, 0.6) is 11.5 Å². The van der Waals surface area contributed by atoms with Gasteiger partial charge in [0.15, 0.2) is 0 Å². The fourth-order valence-corrected chi connectivity index (χ4v) is 2.37. The molecule has 3 heteroatoms. The zero-order chi connectivity index (χ0) is 13.9. The normalized spacial score (nSPS) is 10.7. The van der Waals surface area contributed by atoms with Crippen LogP contribution < -0.4 is 9.47 Å². The molecule has 0 amide bonds. The second kappa shape index (κ2) is 5.29. The van der Waals surface area contributed by atoms with Gasteiger partial charge < -0.3 is 14.0 Å². The van der Waals surface area contributed by atoms with Crippen molar-refractivity contribution in [3.05, 3.63) is 60.3 Å². The summed E-state index contributed by atoms with van der Waals surface area (Å²) in [4.78, 5) is 0. The third-order valence-electron chi connectivity index (χ3n) is 3.49. The largest absolute Gasteiger partial charge is 0.497 e. The predicted octanol–water partition coefficient (Wildman–Crippen LogP) is 3.71. The standard InChI is InChI=1S/C17H17NO2/c1-19-15-5-3-13(4-6-15)12-18-10-9-14-11-16(20-2)7-8-17(14)18/h3-11H,12H2,1-2H3. The maximum absolute atomic E-state index is 5.25. The molecule has 1 heterocycles. The number of aromatic nitrogens is 1. The molecule has 0 unspecified atom stereocenters. The first kappa shape index (κ1) is 12.6. The Labute approximate surface area is 118 Å². The second-order valence-corrected chi connectivity index (χ2v) is 4.72. The van der Waals surface area contributed by atoms with Crippen LogP contribution in [-0.4, -0.2) is 18.8 Å². The van der Waals surface area contributed by atoms with Gasteiger partial charge in [-0.2, -0.15) is 0 Å². The van der Waals surface area contributed by atoms with E-state index in [2.05, 4.69) is 41.1 Å². The lowest BCUT2D eigenvalue weighted by Crippen LogP contribution is -1.97. The van der Waals surface area contributed by atoms with Crippen molar-refractivity contribution >= 4 is 10.9 Å². The minimum absolute atomic E-state index is 0.847. The summed E-state index contributed by atoms with van der Waals surface area (Å²) in [6, 6.07) is 16.4. The molecule has 0 aliphatic heterocycles. The summed E-state index contributed by atoms with van der Waals surface area (Å²) < 4.78 is 12.7. The highest BCUT2D eigenvalue weighted by molar-refractivity contribution is 5.81. The van der Waals surface area contributed by atoms with Crippen LogP contribution in [0.2, 0.25) is 0 Å². The molecule has 102 valence electrons. The van der Waals surface area contributed by atoms with Crippen LogP contribution >= 0.6 is 0 Å². The summed E-state index contributed by atoms with van der Waals surface area (Å²) in [6.07, 6.45) is 2.11. The Hall–Kier alpha value is -2.42. The first-order chi connectivity index (χ1) is 9.80. The fourth-order valence-electron chi connectivity index (χ4n) is 2.37. The summed E-state index contributed by atoms with van der Waals surface area (Å²) in [5.74, 6) is 1.77. The van der Waals surface area contributed by atoms with Crippen molar-refractivity contribution in [2.24, 2.45) is 0 Å². The number of ether oxygens (including phenoxy) is 2. The molecule has 0 radical (unpaired) electrons. The van der Waals surface area contributed by atoms with Gasteiger partial charge in [-0.15, -0.1) is 0 Å². The molecule has 3 aromatic rings. The first-order valence-corrected chi connectivity index (χ1v) is 6.56. The topological polar surface area (TPSA) is 23.4 Å². The zero-order valence-electron chi connectivity index (χ0n) is 11.7. The number of methoxy groups -OCH3 is 2. The highest BCUT2D eigenvalue weighted by Gasteiger charge is 2.03. The van der Waals surface area contributed by atoms with E-state index in [4.69, 9.17) is 9.47 Å². The van der Waals surface area contributed by atoms with Crippen molar-refractivity contribution in [1.29, 1.82) is 0 Å². The summed E-state index contributed by atoms with van der Waals surface area (Å²) in [6.45, 7) is 0.847. The van der Waals surface area contributed by atoms with Crippen molar-refractivity contribution in [1.82, 2.24) is 4.57 Å². The summed E-state index contributed by atoms with van der Waals surface area (Å²) in [5, 5.41) is 1.19. The third kappa shape index (κ3) is 2.35. The summed E-state index contributed by atoms with van der Waals surface area (Å²) in [5.41, 5.74) is 2.46. The van der Waals surface area contributed by atoms with Gasteiger partial charge in [-0.1, -0.05) is 12.1 Å². The summed E-state index contributed by atoms with van der Waals surface area (Å²) >= 11 is 0. The zero-order valence-corrected chi connectivity index (χ0v) is 11.7. The minimum Gasteiger partial charge on any atom is -0.497 e. The van der Waals surface area contributed by atoms with Gasteiger partial charge in [0.25, 0.3) is 0 Å². The van der Waals surface area contributed by atoms with Gasteiger partial charge in [0, 0.05) is 23.6 Å². The molecule has 0 fully saturated rings. The number of rotatable bonds is 4. The number of benzene rings is 2. The quantitative estimate of drug-likeness (QED) is 0.719.